The standard InChI is InChI=1S/C14H15F2NO3/c1-17-11-3-2-9(6-10(11)7-14(17)19)12(18)4-5-20-8-13(15)16/h2-3,6,13H,4-5,7-8H2,1H3. The van der Waals surface area contributed by atoms with Crippen LogP contribution in [0.1, 0.15) is 22.3 Å². The van der Waals surface area contributed by atoms with E-state index in [0.29, 0.717) is 5.56 Å². The number of carbonyl (C=O) groups excluding carboxylic acids is 2. The Hall–Kier alpha value is -1.82. The number of anilines is 1. The first-order valence-electron chi connectivity index (χ1n) is 6.27. The van der Waals surface area contributed by atoms with Gasteiger partial charge in [0.25, 0.3) is 6.43 Å². The average molecular weight is 283 g/mol. The van der Waals surface area contributed by atoms with Crippen molar-refractivity contribution >= 4 is 17.4 Å². The molecule has 1 amide bonds. The highest BCUT2D eigenvalue weighted by molar-refractivity contribution is 6.03. The Morgan fingerprint density at radius 1 is 1.45 bits per heavy atom. The van der Waals surface area contributed by atoms with Crippen LogP contribution in [-0.2, 0) is 16.0 Å². The van der Waals surface area contributed by atoms with Gasteiger partial charge in [-0.3, -0.25) is 9.59 Å². The SMILES string of the molecule is CN1C(=O)Cc2cc(C(=O)CCOCC(F)F)ccc21. The highest BCUT2D eigenvalue weighted by Crippen LogP contribution is 2.28. The minimum Gasteiger partial charge on any atom is -0.375 e. The number of alkyl halides is 2. The zero-order chi connectivity index (χ0) is 14.7. The predicted molar refractivity (Wildman–Crippen MR) is 69.3 cm³/mol. The van der Waals surface area contributed by atoms with Crippen LogP contribution in [0.4, 0.5) is 14.5 Å². The summed E-state index contributed by atoms with van der Waals surface area (Å²) in [5, 5.41) is 0. The van der Waals surface area contributed by atoms with E-state index in [0.717, 1.165) is 11.3 Å². The zero-order valence-corrected chi connectivity index (χ0v) is 11.1. The molecular weight excluding hydrogens is 268 g/mol. The number of hydrogen-bond donors (Lipinski definition) is 0. The van der Waals surface area contributed by atoms with Crippen molar-refractivity contribution in [3.8, 4) is 0 Å². The second-order valence-electron chi connectivity index (χ2n) is 4.61. The third-order valence-electron chi connectivity index (χ3n) is 3.20. The molecule has 2 rings (SSSR count). The topological polar surface area (TPSA) is 46.6 Å². The summed E-state index contributed by atoms with van der Waals surface area (Å²) in [6.07, 6.45) is -2.18. The molecule has 0 fully saturated rings. The maximum atomic E-state index is 11.9. The summed E-state index contributed by atoms with van der Waals surface area (Å²) in [5.41, 5.74) is 2.10. The number of amides is 1. The van der Waals surface area contributed by atoms with Crippen LogP contribution in [0.5, 0.6) is 0 Å². The molecule has 0 N–H and O–H groups in total. The monoisotopic (exact) mass is 283 g/mol. The third kappa shape index (κ3) is 3.19. The molecule has 4 nitrogen and oxygen atoms in total. The Morgan fingerprint density at radius 3 is 2.90 bits per heavy atom. The molecule has 1 aromatic rings. The van der Waals surface area contributed by atoms with Gasteiger partial charge in [0, 0.05) is 24.7 Å². The van der Waals surface area contributed by atoms with Crippen LogP contribution in [0.2, 0.25) is 0 Å². The highest BCUT2D eigenvalue weighted by Gasteiger charge is 2.24. The molecule has 20 heavy (non-hydrogen) atoms. The molecule has 0 aliphatic carbocycles. The number of hydrogen-bond acceptors (Lipinski definition) is 3. The number of nitrogens with zero attached hydrogens (tertiary/aromatic N) is 1. The molecule has 0 aromatic heterocycles. The second kappa shape index (κ2) is 6.09. The summed E-state index contributed by atoms with van der Waals surface area (Å²) in [7, 11) is 1.69. The molecule has 1 aromatic carbocycles. The van der Waals surface area contributed by atoms with Crippen molar-refractivity contribution in [1.29, 1.82) is 0 Å². The van der Waals surface area contributed by atoms with Crippen molar-refractivity contribution in [3.63, 3.8) is 0 Å². The third-order valence-corrected chi connectivity index (χ3v) is 3.20. The average Bonchev–Trinajstić information content (AvgIpc) is 2.69. The normalized spacial score (nSPS) is 14.0. The molecule has 108 valence electrons. The molecule has 0 unspecified atom stereocenters. The number of likely N-dealkylation sites (N-methyl/N-ethyl adjacent to an activating group) is 1. The van der Waals surface area contributed by atoms with Gasteiger partial charge in [-0.1, -0.05) is 0 Å². The molecule has 1 heterocycles. The van der Waals surface area contributed by atoms with E-state index in [-0.39, 0.29) is 31.1 Å². The van der Waals surface area contributed by atoms with Crippen molar-refractivity contribution in [2.24, 2.45) is 0 Å². The number of fused-ring (bicyclic) bond motifs is 1. The van der Waals surface area contributed by atoms with Gasteiger partial charge in [-0.2, -0.15) is 0 Å². The van der Waals surface area contributed by atoms with Crippen LogP contribution in [-0.4, -0.2) is 38.4 Å². The molecule has 6 heteroatoms. The quantitative estimate of drug-likeness (QED) is 0.593. The van der Waals surface area contributed by atoms with E-state index in [1.165, 1.54) is 0 Å². The first kappa shape index (κ1) is 14.6. The van der Waals surface area contributed by atoms with E-state index in [1.807, 2.05) is 0 Å². The Kier molecular flexibility index (Phi) is 4.44. The highest BCUT2D eigenvalue weighted by atomic mass is 19.3. The van der Waals surface area contributed by atoms with Crippen molar-refractivity contribution in [2.75, 3.05) is 25.2 Å². The summed E-state index contributed by atoms with van der Waals surface area (Å²) in [4.78, 5) is 25.0. The fourth-order valence-corrected chi connectivity index (χ4v) is 2.13. The molecule has 1 aliphatic rings. The predicted octanol–water partition coefficient (Wildman–Crippen LogP) is 2.06. The van der Waals surface area contributed by atoms with Crippen molar-refractivity contribution in [1.82, 2.24) is 0 Å². The van der Waals surface area contributed by atoms with Gasteiger partial charge in [-0.05, 0) is 23.8 Å². The lowest BCUT2D eigenvalue weighted by atomic mass is 10.0. The molecule has 0 saturated carbocycles. The van der Waals surface area contributed by atoms with Crippen LogP contribution in [0.3, 0.4) is 0 Å². The molecule has 0 atom stereocenters. The minimum atomic E-state index is -2.52. The van der Waals surface area contributed by atoms with Gasteiger partial charge in [0.1, 0.15) is 6.61 Å². The number of benzene rings is 1. The van der Waals surface area contributed by atoms with Gasteiger partial charge in [0.2, 0.25) is 5.91 Å². The van der Waals surface area contributed by atoms with Gasteiger partial charge in [0.15, 0.2) is 5.78 Å². The Bertz CT molecular complexity index is 531. The van der Waals surface area contributed by atoms with Crippen LogP contribution in [0.25, 0.3) is 0 Å². The van der Waals surface area contributed by atoms with Crippen LogP contribution < -0.4 is 4.90 Å². The fourth-order valence-electron chi connectivity index (χ4n) is 2.13. The second-order valence-corrected chi connectivity index (χ2v) is 4.61. The number of ether oxygens (including phenoxy) is 1. The minimum absolute atomic E-state index is 0.00938. The van der Waals surface area contributed by atoms with Crippen molar-refractivity contribution < 1.29 is 23.1 Å². The van der Waals surface area contributed by atoms with Crippen LogP contribution in [0, 0.1) is 0 Å². The van der Waals surface area contributed by atoms with E-state index in [4.69, 9.17) is 0 Å². The largest absolute Gasteiger partial charge is 0.375 e. The molecule has 0 bridgehead atoms. The zero-order valence-electron chi connectivity index (χ0n) is 11.1. The number of Topliss-reactive ketones (excluding diaryl/α,β-unsaturated/α-hetero) is 1. The van der Waals surface area contributed by atoms with Gasteiger partial charge in [-0.25, -0.2) is 8.78 Å². The molecule has 0 spiro atoms. The molecule has 1 aliphatic heterocycles. The lowest BCUT2D eigenvalue weighted by Crippen LogP contribution is -2.20. The number of halogens is 2. The smallest absolute Gasteiger partial charge is 0.261 e. The van der Waals surface area contributed by atoms with Gasteiger partial charge >= 0.3 is 0 Å². The van der Waals surface area contributed by atoms with E-state index >= 15 is 0 Å². The summed E-state index contributed by atoms with van der Waals surface area (Å²) in [6.45, 7) is -0.685. The number of ketones is 1. The Balaban J connectivity index is 1.95. The summed E-state index contributed by atoms with van der Waals surface area (Å²) in [6, 6.07) is 5.06. The molecular formula is C14H15F2NO3. The van der Waals surface area contributed by atoms with Crippen LogP contribution in [0.15, 0.2) is 18.2 Å². The summed E-state index contributed by atoms with van der Waals surface area (Å²) >= 11 is 0. The van der Waals surface area contributed by atoms with Gasteiger partial charge < -0.3 is 9.64 Å². The molecule has 0 saturated heterocycles. The first-order valence-corrected chi connectivity index (χ1v) is 6.27. The Morgan fingerprint density at radius 2 is 2.20 bits per heavy atom. The number of carbonyl (C=O) groups is 2. The van der Waals surface area contributed by atoms with Gasteiger partial charge in [0.05, 0.1) is 13.0 Å². The van der Waals surface area contributed by atoms with Crippen molar-refractivity contribution in [2.45, 2.75) is 19.3 Å². The maximum Gasteiger partial charge on any atom is 0.261 e. The lowest BCUT2D eigenvalue weighted by molar-refractivity contribution is -0.117. The van der Waals surface area contributed by atoms with Crippen molar-refractivity contribution in [3.05, 3.63) is 29.3 Å². The Labute approximate surface area is 115 Å². The first-order chi connectivity index (χ1) is 9.49. The van der Waals surface area contributed by atoms with Crippen LogP contribution >= 0.6 is 0 Å². The van der Waals surface area contributed by atoms with Gasteiger partial charge in [-0.15, -0.1) is 0 Å². The fraction of sp³-hybridized carbons (Fsp3) is 0.429. The van der Waals surface area contributed by atoms with E-state index in [9.17, 15) is 18.4 Å². The number of rotatable bonds is 6. The molecule has 0 radical (unpaired) electrons. The summed E-state index contributed by atoms with van der Waals surface area (Å²) < 4.78 is 28.4. The van der Waals surface area contributed by atoms with E-state index in [1.54, 1.807) is 30.1 Å². The van der Waals surface area contributed by atoms with E-state index in [2.05, 4.69) is 4.74 Å². The summed E-state index contributed by atoms with van der Waals surface area (Å²) in [5.74, 6) is -0.186. The maximum absolute atomic E-state index is 11.9. The van der Waals surface area contributed by atoms with E-state index < -0.39 is 13.0 Å². The lowest BCUT2D eigenvalue weighted by Gasteiger charge is -2.10.